The van der Waals surface area contributed by atoms with Gasteiger partial charge in [0.2, 0.25) is 17.7 Å². The summed E-state index contributed by atoms with van der Waals surface area (Å²) in [5.74, 6) is -2.00. The highest BCUT2D eigenvalue weighted by molar-refractivity contribution is 5.91. The molecular weight excluding hydrogens is 397 g/mol. The SMILES string of the molecule is CC(=O)N[C@@H](Cc1ccc(F)cc1)C(=O)N[C@H](Cc1ccc2ccccc2c1)C(N)=O. The third-order valence-electron chi connectivity index (χ3n) is 4.96. The van der Waals surface area contributed by atoms with Gasteiger partial charge in [-0.3, -0.25) is 14.4 Å². The van der Waals surface area contributed by atoms with Crippen molar-refractivity contribution in [2.75, 3.05) is 0 Å². The number of amides is 3. The Hall–Kier alpha value is -3.74. The summed E-state index contributed by atoms with van der Waals surface area (Å²) >= 11 is 0. The van der Waals surface area contributed by atoms with Crippen molar-refractivity contribution in [3.8, 4) is 0 Å². The molecule has 2 atom stereocenters. The van der Waals surface area contributed by atoms with Crippen molar-refractivity contribution < 1.29 is 18.8 Å². The van der Waals surface area contributed by atoms with Crippen molar-refractivity contribution in [3.63, 3.8) is 0 Å². The van der Waals surface area contributed by atoms with Gasteiger partial charge in [-0.15, -0.1) is 0 Å². The highest BCUT2D eigenvalue weighted by Crippen LogP contribution is 2.17. The molecule has 0 fully saturated rings. The number of primary amides is 1. The van der Waals surface area contributed by atoms with E-state index in [-0.39, 0.29) is 12.8 Å². The molecule has 3 rings (SSSR count). The predicted octanol–water partition coefficient (Wildman–Crippen LogP) is 2.24. The molecule has 160 valence electrons. The molecule has 6 nitrogen and oxygen atoms in total. The van der Waals surface area contributed by atoms with Crippen LogP contribution in [0.15, 0.2) is 66.7 Å². The number of fused-ring (bicyclic) bond motifs is 1. The van der Waals surface area contributed by atoms with Crippen LogP contribution in [0.25, 0.3) is 10.8 Å². The Labute approximate surface area is 179 Å². The zero-order valence-electron chi connectivity index (χ0n) is 17.1. The van der Waals surface area contributed by atoms with Crippen LogP contribution in [0, 0.1) is 5.82 Å². The van der Waals surface area contributed by atoms with Gasteiger partial charge in [0.15, 0.2) is 0 Å². The molecule has 3 aromatic carbocycles. The van der Waals surface area contributed by atoms with Gasteiger partial charge in [-0.2, -0.15) is 0 Å². The lowest BCUT2D eigenvalue weighted by Gasteiger charge is -2.22. The number of hydrogen-bond donors (Lipinski definition) is 3. The van der Waals surface area contributed by atoms with Gasteiger partial charge >= 0.3 is 0 Å². The number of nitrogens with two attached hydrogens (primary N) is 1. The molecule has 0 saturated carbocycles. The second kappa shape index (κ2) is 9.84. The molecule has 0 radical (unpaired) electrons. The van der Waals surface area contributed by atoms with E-state index in [2.05, 4.69) is 10.6 Å². The topological polar surface area (TPSA) is 101 Å². The Morgan fingerprint density at radius 1 is 0.839 bits per heavy atom. The summed E-state index contributed by atoms with van der Waals surface area (Å²) in [6.45, 7) is 1.30. The lowest BCUT2D eigenvalue weighted by Crippen LogP contribution is -2.54. The van der Waals surface area contributed by atoms with Gasteiger partial charge in [0.05, 0.1) is 0 Å². The predicted molar refractivity (Wildman–Crippen MR) is 116 cm³/mol. The molecule has 0 bridgehead atoms. The van der Waals surface area contributed by atoms with E-state index in [9.17, 15) is 18.8 Å². The van der Waals surface area contributed by atoms with E-state index in [0.29, 0.717) is 5.56 Å². The molecule has 0 spiro atoms. The maximum Gasteiger partial charge on any atom is 0.243 e. The van der Waals surface area contributed by atoms with E-state index in [4.69, 9.17) is 5.73 Å². The summed E-state index contributed by atoms with van der Waals surface area (Å²) in [5, 5.41) is 7.31. The highest BCUT2D eigenvalue weighted by atomic mass is 19.1. The zero-order chi connectivity index (χ0) is 22.4. The Morgan fingerprint density at radius 3 is 2.10 bits per heavy atom. The minimum Gasteiger partial charge on any atom is -0.368 e. The van der Waals surface area contributed by atoms with E-state index in [1.54, 1.807) is 0 Å². The summed E-state index contributed by atoms with van der Waals surface area (Å²) < 4.78 is 13.2. The van der Waals surface area contributed by atoms with E-state index in [1.165, 1.54) is 31.2 Å². The maximum absolute atomic E-state index is 13.2. The molecule has 0 unspecified atom stereocenters. The Balaban J connectivity index is 1.74. The second-order valence-corrected chi connectivity index (χ2v) is 7.43. The molecule has 7 heteroatoms. The lowest BCUT2D eigenvalue weighted by molar-refractivity contribution is -0.130. The minimum absolute atomic E-state index is 0.146. The van der Waals surface area contributed by atoms with Gasteiger partial charge in [0.1, 0.15) is 17.9 Å². The van der Waals surface area contributed by atoms with E-state index in [1.807, 2.05) is 42.5 Å². The normalized spacial score (nSPS) is 12.7. The van der Waals surface area contributed by atoms with Crippen molar-refractivity contribution in [1.29, 1.82) is 0 Å². The van der Waals surface area contributed by atoms with Gasteiger partial charge in [0.25, 0.3) is 0 Å². The molecule has 0 aliphatic carbocycles. The molecule has 0 heterocycles. The van der Waals surface area contributed by atoms with Crippen LogP contribution in [0.5, 0.6) is 0 Å². The van der Waals surface area contributed by atoms with Crippen molar-refractivity contribution in [2.45, 2.75) is 31.8 Å². The van der Waals surface area contributed by atoms with Crippen LogP contribution in [-0.2, 0) is 27.2 Å². The average molecular weight is 421 g/mol. The third-order valence-corrected chi connectivity index (χ3v) is 4.96. The summed E-state index contributed by atoms with van der Waals surface area (Å²) in [4.78, 5) is 36.5. The Morgan fingerprint density at radius 2 is 1.45 bits per heavy atom. The summed E-state index contributed by atoms with van der Waals surface area (Å²) in [7, 11) is 0. The minimum atomic E-state index is -0.946. The number of nitrogens with one attached hydrogen (secondary N) is 2. The first-order valence-electron chi connectivity index (χ1n) is 9.91. The highest BCUT2D eigenvalue weighted by Gasteiger charge is 2.25. The molecule has 0 aliphatic rings. The van der Waals surface area contributed by atoms with Crippen LogP contribution in [-0.4, -0.2) is 29.8 Å². The molecule has 0 aromatic heterocycles. The fraction of sp³-hybridized carbons (Fsp3) is 0.208. The largest absolute Gasteiger partial charge is 0.368 e. The molecule has 0 saturated heterocycles. The molecule has 3 aromatic rings. The van der Waals surface area contributed by atoms with Crippen LogP contribution >= 0.6 is 0 Å². The molecular formula is C24H24FN3O3. The van der Waals surface area contributed by atoms with Crippen molar-refractivity contribution in [3.05, 3.63) is 83.7 Å². The zero-order valence-corrected chi connectivity index (χ0v) is 17.1. The van der Waals surface area contributed by atoms with E-state index in [0.717, 1.165) is 16.3 Å². The van der Waals surface area contributed by atoms with Crippen LogP contribution in [0.2, 0.25) is 0 Å². The number of benzene rings is 3. The van der Waals surface area contributed by atoms with Crippen LogP contribution in [0.3, 0.4) is 0 Å². The monoisotopic (exact) mass is 421 g/mol. The van der Waals surface area contributed by atoms with Gasteiger partial charge in [-0.25, -0.2) is 4.39 Å². The second-order valence-electron chi connectivity index (χ2n) is 7.43. The number of halogens is 1. The molecule has 3 amide bonds. The molecule has 31 heavy (non-hydrogen) atoms. The van der Waals surface area contributed by atoms with Gasteiger partial charge in [-0.05, 0) is 34.0 Å². The molecule has 0 aliphatic heterocycles. The van der Waals surface area contributed by atoms with Crippen LogP contribution < -0.4 is 16.4 Å². The first-order valence-corrected chi connectivity index (χ1v) is 9.91. The van der Waals surface area contributed by atoms with E-state index >= 15 is 0 Å². The number of rotatable bonds is 8. The third kappa shape index (κ3) is 6.12. The summed E-state index contributed by atoms with van der Waals surface area (Å²) in [6, 6.07) is 17.4. The van der Waals surface area contributed by atoms with Crippen molar-refractivity contribution in [2.24, 2.45) is 5.73 Å². The fourth-order valence-electron chi connectivity index (χ4n) is 3.41. The Bertz CT molecular complexity index is 1100. The average Bonchev–Trinajstić information content (AvgIpc) is 2.73. The first kappa shape index (κ1) is 22.0. The van der Waals surface area contributed by atoms with Gasteiger partial charge < -0.3 is 16.4 Å². The lowest BCUT2D eigenvalue weighted by atomic mass is 10.00. The van der Waals surface area contributed by atoms with Crippen LogP contribution in [0.4, 0.5) is 4.39 Å². The van der Waals surface area contributed by atoms with Crippen molar-refractivity contribution in [1.82, 2.24) is 10.6 Å². The fourth-order valence-corrected chi connectivity index (χ4v) is 3.41. The van der Waals surface area contributed by atoms with Crippen molar-refractivity contribution >= 4 is 28.5 Å². The van der Waals surface area contributed by atoms with Gasteiger partial charge in [0, 0.05) is 19.8 Å². The van der Waals surface area contributed by atoms with Crippen LogP contribution in [0.1, 0.15) is 18.1 Å². The summed E-state index contributed by atoms with van der Waals surface area (Å²) in [6.07, 6.45) is 0.363. The van der Waals surface area contributed by atoms with Gasteiger partial charge in [-0.1, -0.05) is 54.6 Å². The number of carbonyl (C=O) groups is 3. The smallest absolute Gasteiger partial charge is 0.243 e. The van der Waals surface area contributed by atoms with E-state index < -0.39 is 35.6 Å². The quantitative estimate of drug-likeness (QED) is 0.520. The Kier molecular flexibility index (Phi) is 6.97. The maximum atomic E-state index is 13.2. The molecule has 4 N–H and O–H groups in total. The number of hydrogen-bond acceptors (Lipinski definition) is 3. The standard InChI is InChI=1S/C24H24FN3O3/c1-15(29)27-22(13-16-7-10-20(25)11-8-16)24(31)28-21(23(26)30)14-17-6-9-18-4-2-3-5-19(18)12-17/h2-12,21-22H,13-14H2,1H3,(H2,26,30)(H,27,29)(H,28,31)/t21-,22+/m1/s1. The summed E-state index contributed by atoms with van der Waals surface area (Å²) in [5.41, 5.74) is 7.05. The number of carbonyl (C=O) groups excluding carboxylic acids is 3. The first-order chi connectivity index (χ1) is 14.8.